The number of amides is 1. The summed E-state index contributed by atoms with van der Waals surface area (Å²) in [6, 6.07) is 16.1. The number of thiazole rings is 1. The van der Waals surface area contributed by atoms with Gasteiger partial charge in [0.15, 0.2) is 5.13 Å². The lowest BCUT2D eigenvalue weighted by molar-refractivity contribution is -0.118. The van der Waals surface area contributed by atoms with Gasteiger partial charge in [-0.15, -0.1) is 23.1 Å². The number of thioether (sulfide) groups is 1. The largest absolute Gasteiger partial charge is 0.301 e. The minimum absolute atomic E-state index is 0.0399. The Morgan fingerprint density at radius 1 is 1.22 bits per heavy atom. The fourth-order valence-corrected chi connectivity index (χ4v) is 4.62. The second-order valence-corrected chi connectivity index (χ2v) is 9.07. The molecule has 0 radical (unpaired) electrons. The maximum absolute atomic E-state index is 12.9. The van der Waals surface area contributed by atoms with Crippen LogP contribution in [0.15, 0.2) is 59.6 Å². The SMILES string of the molecule is CSc1ccc(C2(C(=O)Nc3ncc(Cc4ccccc4Cl)s3)CC2)cc1. The van der Waals surface area contributed by atoms with Crippen LogP contribution < -0.4 is 5.32 Å². The van der Waals surface area contributed by atoms with Crippen molar-refractivity contribution in [3.8, 4) is 0 Å². The molecule has 0 saturated heterocycles. The van der Waals surface area contributed by atoms with Gasteiger partial charge in [0.05, 0.1) is 5.41 Å². The fourth-order valence-electron chi connectivity index (χ4n) is 3.18. The Bertz CT molecular complexity index is 964. The van der Waals surface area contributed by atoms with Gasteiger partial charge < -0.3 is 5.32 Å². The smallest absolute Gasteiger partial charge is 0.236 e. The van der Waals surface area contributed by atoms with E-state index in [1.807, 2.05) is 30.5 Å². The topological polar surface area (TPSA) is 42.0 Å². The van der Waals surface area contributed by atoms with Crippen molar-refractivity contribution in [3.63, 3.8) is 0 Å². The molecular weight excluding hydrogens is 396 g/mol. The van der Waals surface area contributed by atoms with Crippen molar-refractivity contribution in [1.82, 2.24) is 4.98 Å². The molecule has 2 aromatic carbocycles. The van der Waals surface area contributed by atoms with E-state index in [1.165, 1.54) is 16.2 Å². The van der Waals surface area contributed by atoms with E-state index in [0.717, 1.165) is 33.9 Å². The molecule has 1 amide bonds. The molecule has 1 fully saturated rings. The Labute approximate surface area is 172 Å². The third-order valence-electron chi connectivity index (χ3n) is 4.92. The average molecular weight is 415 g/mol. The summed E-state index contributed by atoms with van der Waals surface area (Å²) in [5.74, 6) is 0.0399. The Morgan fingerprint density at radius 2 is 1.96 bits per heavy atom. The van der Waals surface area contributed by atoms with E-state index >= 15 is 0 Å². The molecule has 1 aromatic heterocycles. The molecule has 1 saturated carbocycles. The van der Waals surface area contributed by atoms with Crippen LogP contribution in [0.3, 0.4) is 0 Å². The first-order valence-electron chi connectivity index (χ1n) is 8.75. The van der Waals surface area contributed by atoms with Crippen LogP contribution in [0.2, 0.25) is 5.02 Å². The minimum atomic E-state index is -0.397. The van der Waals surface area contributed by atoms with E-state index < -0.39 is 5.41 Å². The van der Waals surface area contributed by atoms with E-state index in [2.05, 4.69) is 40.8 Å². The number of carbonyl (C=O) groups excluding carboxylic acids is 1. The first-order valence-corrected chi connectivity index (χ1v) is 11.2. The molecule has 3 aromatic rings. The molecule has 1 N–H and O–H groups in total. The predicted octanol–water partition coefficient (Wildman–Crippen LogP) is 5.78. The van der Waals surface area contributed by atoms with Crippen molar-refractivity contribution in [2.45, 2.75) is 29.6 Å². The van der Waals surface area contributed by atoms with Gasteiger partial charge in [-0.25, -0.2) is 4.98 Å². The van der Waals surface area contributed by atoms with Crippen LogP contribution in [0.4, 0.5) is 5.13 Å². The second-order valence-electron chi connectivity index (χ2n) is 6.66. The lowest BCUT2D eigenvalue weighted by Gasteiger charge is -2.15. The van der Waals surface area contributed by atoms with E-state index in [9.17, 15) is 4.79 Å². The van der Waals surface area contributed by atoms with Crippen LogP contribution in [0.5, 0.6) is 0 Å². The number of halogens is 1. The number of hydrogen-bond donors (Lipinski definition) is 1. The number of nitrogens with zero attached hydrogens (tertiary/aromatic N) is 1. The van der Waals surface area contributed by atoms with Crippen LogP contribution in [0.25, 0.3) is 0 Å². The van der Waals surface area contributed by atoms with Crippen LogP contribution in [0, 0.1) is 0 Å². The summed E-state index contributed by atoms with van der Waals surface area (Å²) in [7, 11) is 0. The molecule has 27 heavy (non-hydrogen) atoms. The Morgan fingerprint density at radius 3 is 2.63 bits per heavy atom. The third-order valence-corrected chi connectivity index (χ3v) is 6.95. The Kier molecular flexibility index (Phi) is 5.26. The van der Waals surface area contributed by atoms with Crippen LogP contribution in [0.1, 0.15) is 28.8 Å². The zero-order valence-corrected chi connectivity index (χ0v) is 17.3. The second kappa shape index (κ2) is 7.66. The Hall–Kier alpha value is -1.82. The number of benzene rings is 2. The van der Waals surface area contributed by atoms with Gasteiger partial charge in [0.1, 0.15) is 0 Å². The fraction of sp³-hybridized carbons (Fsp3) is 0.238. The standard InChI is InChI=1S/C21H19ClN2OS2/c1-26-16-8-6-15(7-9-16)21(10-11-21)19(25)24-20-23-13-17(27-20)12-14-4-2-3-5-18(14)22/h2-9,13H,10-12H2,1H3,(H,23,24,25). The number of aromatic nitrogens is 1. The number of rotatable bonds is 6. The number of anilines is 1. The zero-order valence-electron chi connectivity index (χ0n) is 14.9. The molecule has 0 bridgehead atoms. The quantitative estimate of drug-likeness (QED) is 0.520. The lowest BCUT2D eigenvalue weighted by Crippen LogP contribution is -2.27. The van der Waals surface area contributed by atoms with E-state index in [0.29, 0.717) is 11.6 Å². The molecule has 138 valence electrons. The summed E-state index contributed by atoms with van der Waals surface area (Å²) in [6.07, 6.45) is 6.35. The molecule has 1 aliphatic rings. The normalized spacial score (nSPS) is 14.7. The molecule has 1 aliphatic carbocycles. The molecule has 6 heteroatoms. The van der Waals surface area contributed by atoms with Crippen LogP contribution in [-0.4, -0.2) is 17.1 Å². The van der Waals surface area contributed by atoms with E-state index in [-0.39, 0.29) is 5.91 Å². The average Bonchev–Trinajstić information content (AvgIpc) is 3.39. The predicted molar refractivity (Wildman–Crippen MR) is 114 cm³/mol. The summed E-state index contributed by atoms with van der Waals surface area (Å²) >= 11 is 9.45. The lowest BCUT2D eigenvalue weighted by atomic mass is 9.95. The highest BCUT2D eigenvalue weighted by Gasteiger charge is 2.51. The maximum atomic E-state index is 12.9. The van der Waals surface area contributed by atoms with Crippen molar-refractivity contribution < 1.29 is 4.79 Å². The van der Waals surface area contributed by atoms with Crippen LogP contribution >= 0.6 is 34.7 Å². The highest BCUT2D eigenvalue weighted by molar-refractivity contribution is 7.98. The summed E-state index contributed by atoms with van der Waals surface area (Å²) in [5, 5.41) is 4.42. The van der Waals surface area contributed by atoms with Crippen molar-refractivity contribution >= 4 is 45.7 Å². The van der Waals surface area contributed by atoms with Gasteiger partial charge in [0, 0.05) is 27.4 Å². The summed E-state index contributed by atoms with van der Waals surface area (Å²) in [6.45, 7) is 0. The molecule has 0 spiro atoms. The zero-order chi connectivity index (χ0) is 18.9. The van der Waals surface area contributed by atoms with E-state index in [4.69, 9.17) is 11.6 Å². The summed E-state index contributed by atoms with van der Waals surface area (Å²) < 4.78 is 0. The van der Waals surface area contributed by atoms with Gasteiger partial charge in [-0.05, 0) is 48.4 Å². The molecule has 0 atom stereocenters. The highest BCUT2D eigenvalue weighted by Crippen LogP contribution is 2.49. The van der Waals surface area contributed by atoms with Gasteiger partial charge in [-0.1, -0.05) is 41.9 Å². The maximum Gasteiger partial charge on any atom is 0.236 e. The van der Waals surface area contributed by atoms with Gasteiger partial charge in [0.25, 0.3) is 0 Å². The molecule has 0 unspecified atom stereocenters. The van der Waals surface area contributed by atoms with Crippen molar-refractivity contribution in [1.29, 1.82) is 0 Å². The van der Waals surface area contributed by atoms with Gasteiger partial charge >= 0.3 is 0 Å². The van der Waals surface area contributed by atoms with Gasteiger partial charge in [-0.3, -0.25) is 4.79 Å². The van der Waals surface area contributed by atoms with Gasteiger partial charge in [-0.2, -0.15) is 0 Å². The van der Waals surface area contributed by atoms with E-state index in [1.54, 1.807) is 11.8 Å². The molecule has 4 rings (SSSR count). The first-order chi connectivity index (χ1) is 13.1. The van der Waals surface area contributed by atoms with Gasteiger partial charge in [0.2, 0.25) is 5.91 Å². The van der Waals surface area contributed by atoms with Crippen molar-refractivity contribution in [2.24, 2.45) is 0 Å². The molecule has 1 heterocycles. The molecular formula is C21H19ClN2OS2. The van der Waals surface area contributed by atoms with Crippen molar-refractivity contribution in [2.75, 3.05) is 11.6 Å². The van der Waals surface area contributed by atoms with Crippen molar-refractivity contribution in [3.05, 3.63) is 75.8 Å². The number of hydrogen-bond acceptors (Lipinski definition) is 4. The third kappa shape index (κ3) is 3.91. The minimum Gasteiger partial charge on any atom is -0.301 e. The summed E-state index contributed by atoms with van der Waals surface area (Å²) in [5.41, 5.74) is 1.75. The molecule has 0 aliphatic heterocycles. The molecule has 3 nitrogen and oxygen atoms in total. The monoisotopic (exact) mass is 414 g/mol. The van der Waals surface area contributed by atoms with Crippen LogP contribution in [-0.2, 0) is 16.6 Å². The first kappa shape index (κ1) is 18.5. The Balaban J connectivity index is 1.45. The number of carbonyl (C=O) groups is 1. The summed E-state index contributed by atoms with van der Waals surface area (Å²) in [4.78, 5) is 19.6. The highest BCUT2D eigenvalue weighted by atomic mass is 35.5. The number of nitrogens with one attached hydrogen (secondary N) is 1.